The number of hydroxylamine groups is 1. The molecule has 7 nitrogen and oxygen atoms in total. The van der Waals surface area contributed by atoms with Crippen molar-refractivity contribution in [2.75, 3.05) is 7.11 Å². The second kappa shape index (κ2) is 10.3. The maximum atomic E-state index is 11.9. The van der Waals surface area contributed by atoms with Crippen molar-refractivity contribution >= 4 is 17.8 Å². The second-order valence-electron chi connectivity index (χ2n) is 5.06. The van der Waals surface area contributed by atoms with Gasteiger partial charge in [-0.15, -0.1) is 0 Å². The average Bonchev–Trinajstić information content (AvgIpc) is 2.58. The summed E-state index contributed by atoms with van der Waals surface area (Å²) < 4.78 is 4.61. The number of carbonyl (C=O) groups is 3. The minimum absolute atomic E-state index is 0.0590. The molecule has 0 unspecified atom stereocenters. The molecule has 126 valence electrons. The lowest BCUT2D eigenvalue weighted by atomic mass is 10.1. The Kier molecular flexibility index (Phi) is 8.38. The monoisotopic (exact) mass is 322 g/mol. The number of methoxy groups -OCH3 is 1. The molecule has 23 heavy (non-hydrogen) atoms. The van der Waals surface area contributed by atoms with Gasteiger partial charge < -0.3 is 10.1 Å². The summed E-state index contributed by atoms with van der Waals surface area (Å²) in [5.74, 6) is -1.52. The van der Waals surface area contributed by atoms with Crippen molar-refractivity contribution in [2.24, 2.45) is 0 Å². The number of nitrogens with one attached hydrogen (secondary N) is 2. The smallest absolute Gasteiger partial charge is 0.328 e. The van der Waals surface area contributed by atoms with Crippen molar-refractivity contribution in [2.45, 2.75) is 38.1 Å². The van der Waals surface area contributed by atoms with Gasteiger partial charge in [0, 0.05) is 12.8 Å². The van der Waals surface area contributed by atoms with Gasteiger partial charge >= 0.3 is 5.97 Å². The van der Waals surface area contributed by atoms with Crippen LogP contribution in [0.15, 0.2) is 30.3 Å². The summed E-state index contributed by atoms with van der Waals surface area (Å²) in [6.45, 7) is 0. The molecule has 0 spiro atoms. The Labute approximate surface area is 135 Å². The Morgan fingerprint density at radius 2 is 1.83 bits per heavy atom. The number of esters is 1. The lowest BCUT2D eigenvalue weighted by Crippen LogP contribution is -2.42. The van der Waals surface area contributed by atoms with Crippen LogP contribution in [0.2, 0.25) is 0 Å². The summed E-state index contributed by atoms with van der Waals surface area (Å²) >= 11 is 0. The fourth-order valence-corrected chi connectivity index (χ4v) is 2.09. The van der Waals surface area contributed by atoms with Gasteiger partial charge in [-0.25, -0.2) is 10.3 Å². The van der Waals surface area contributed by atoms with Crippen LogP contribution in [0.1, 0.15) is 31.2 Å². The second-order valence-corrected chi connectivity index (χ2v) is 5.06. The zero-order valence-corrected chi connectivity index (χ0v) is 13.1. The van der Waals surface area contributed by atoms with Crippen molar-refractivity contribution in [3.8, 4) is 0 Å². The number of hydrogen-bond acceptors (Lipinski definition) is 5. The summed E-state index contributed by atoms with van der Waals surface area (Å²) in [5, 5.41) is 11.0. The van der Waals surface area contributed by atoms with Gasteiger partial charge in [0.1, 0.15) is 6.04 Å². The molecule has 0 bridgehead atoms. The first-order chi connectivity index (χ1) is 11.1. The van der Waals surface area contributed by atoms with Crippen LogP contribution in [0.3, 0.4) is 0 Å². The van der Waals surface area contributed by atoms with E-state index in [1.54, 1.807) is 0 Å². The van der Waals surface area contributed by atoms with E-state index >= 15 is 0 Å². The largest absolute Gasteiger partial charge is 0.467 e. The summed E-state index contributed by atoms with van der Waals surface area (Å²) in [4.78, 5) is 34.5. The van der Waals surface area contributed by atoms with E-state index in [1.165, 1.54) is 12.6 Å². The minimum atomic E-state index is -0.901. The highest BCUT2D eigenvalue weighted by molar-refractivity contribution is 5.85. The van der Waals surface area contributed by atoms with Gasteiger partial charge in [-0.1, -0.05) is 30.3 Å². The molecule has 1 atom stereocenters. The van der Waals surface area contributed by atoms with E-state index in [0.717, 1.165) is 12.0 Å². The number of ether oxygens (including phenoxy) is 1. The first-order valence-corrected chi connectivity index (χ1v) is 7.41. The molecule has 1 aromatic carbocycles. The molecule has 2 amide bonds. The van der Waals surface area contributed by atoms with E-state index in [9.17, 15) is 14.4 Å². The average molecular weight is 322 g/mol. The molecule has 0 saturated carbocycles. The highest BCUT2D eigenvalue weighted by Crippen LogP contribution is 2.06. The Bertz CT molecular complexity index is 518. The molecule has 1 rings (SSSR count). The van der Waals surface area contributed by atoms with Crippen molar-refractivity contribution in [1.29, 1.82) is 0 Å². The Morgan fingerprint density at radius 1 is 1.13 bits per heavy atom. The number of amides is 2. The lowest BCUT2D eigenvalue weighted by Gasteiger charge is -2.16. The van der Waals surface area contributed by atoms with Crippen LogP contribution in [0.5, 0.6) is 0 Å². The van der Waals surface area contributed by atoms with Crippen LogP contribution in [0.25, 0.3) is 0 Å². The minimum Gasteiger partial charge on any atom is -0.467 e. The van der Waals surface area contributed by atoms with Crippen molar-refractivity contribution in [3.63, 3.8) is 0 Å². The van der Waals surface area contributed by atoms with Gasteiger partial charge in [0.15, 0.2) is 0 Å². The SMILES string of the molecule is COC(=O)[C@H](CCC(=O)NO)NC(=O)CCCc1ccccc1. The van der Waals surface area contributed by atoms with Crippen molar-refractivity contribution in [1.82, 2.24) is 10.8 Å². The van der Waals surface area contributed by atoms with E-state index < -0.39 is 17.9 Å². The lowest BCUT2D eigenvalue weighted by molar-refractivity contribution is -0.145. The number of hydrogen-bond donors (Lipinski definition) is 3. The normalized spacial score (nSPS) is 11.4. The molecular weight excluding hydrogens is 300 g/mol. The van der Waals surface area contributed by atoms with Crippen LogP contribution < -0.4 is 10.8 Å². The summed E-state index contributed by atoms with van der Waals surface area (Å²) in [6.07, 6.45) is 1.66. The molecular formula is C16H22N2O5. The molecule has 0 heterocycles. The van der Waals surface area contributed by atoms with Gasteiger partial charge in [-0.2, -0.15) is 0 Å². The highest BCUT2D eigenvalue weighted by Gasteiger charge is 2.22. The van der Waals surface area contributed by atoms with E-state index in [1.807, 2.05) is 30.3 Å². The maximum Gasteiger partial charge on any atom is 0.328 e. The van der Waals surface area contributed by atoms with Gasteiger partial charge in [-0.05, 0) is 24.8 Å². The summed E-state index contributed by atoms with van der Waals surface area (Å²) in [7, 11) is 1.21. The number of aryl methyl sites for hydroxylation is 1. The Morgan fingerprint density at radius 3 is 2.43 bits per heavy atom. The fraction of sp³-hybridized carbons (Fsp3) is 0.438. The van der Waals surface area contributed by atoms with Crippen LogP contribution in [0.4, 0.5) is 0 Å². The summed E-state index contributed by atoms with van der Waals surface area (Å²) in [5.41, 5.74) is 2.62. The van der Waals surface area contributed by atoms with Gasteiger partial charge in [-0.3, -0.25) is 14.8 Å². The third-order valence-corrected chi connectivity index (χ3v) is 3.32. The quantitative estimate of drug-likeness (QED) is 0.357. The molecule has 0 radical (unpaired) electrons. The molecule has 1 aromatic rings. The van der Waals surface area contributed by atoms with E-state index in [-0.39, 0.29) is 25.2 Å². The van der Waals surface area contributed by atoms with Crippen LogP contribution >= 0.6 is 0 Å². The fourth-order valence-electron chi connectivity index (χ4n) is 2.09. The Hall–Kier alpha value is -2.41. The zero-order chi connectivity index (χ0) is 17.1. The topological polar surface area (TPSA) is 105 Å². The van der Waals surface area contributed by atoms with Crippen molar-refractivity contribution in [3.05, 3.63) is 35.9 Å². The molecule has 0 aliphatic heterocycles. The Balaban J connectivity index is 2.40. The van der Waals surface area contributed by atoms with Crippen LogP contribution in [-0.4, -0.2) is 36.1 Å². The van der Waals surface area contributed by atoms with Crippen LogP contribution in [-0.2, 0) is 25.5 Å². The first kappa shape index (κ1) is 18.6. The predicted octanol–water partition coefficient (Wildman–Crippen LogP) is 0.953. The third-order valence-electron chi connectivity index (χ3n) is 3.32. The van der Waals surface area contributed by atoms with Gasteiger partial charge in [0.2, 0.25) is 11.8 Å². The molecule has 7 heteroatoms. The van der Waals surface area contributed by atoms with E-state index in [4.69, 9.17) is 5.21 Å². The number of carbonyl (C=O) groups excluding carboxylic acids is 3. The third kappa shape index (κ3) is 7.42. The van der Waals surface area contributed by atoms with E-state index in [2.05, 4.69) is 10.1 Å². The van der Waals surface area contributed by atoms with E-state index in [0.29, 0.717) is 6.42 Å². The highest BCUT2D eigenvalue weighted by atomic mass is 16.5. The number of rotatable bonds is 9. The summed E-state index contributed by atoms with van der Waals surface area (Å²) in [6, 6.07) is 8.89. The molecule has 0 fully saturated rings. The predicted molar refractivity (Wildman–Crippen MR) is 82.5 cm³/mol. The van der Waals surface area contributed by atoms with Crippen molar-refractivity contribution < 1.29 is 24.3 Å². The molecule has 0 aliphatic carbocycles. The first-order valence-electron chi connectivity index (χ1n) is 7.41. The van der Waals surface area contributed by atoms with Gasteiger partial charge in [0.25, 0.3) is 0 Å². The zero-order valence-electron chi connectivity index (χ0n) is 13.1. The van der Waals surface area contributed by atoms with Crippen LogP contribution in [0, 0.1) is 0 Å². The molecule has 0 aliphatic rings. The number of benzene rings is 1. The maximum absolute atomic E-state index is 11.9. The van der Waals surface area contributed by atoms with Gasteiger partial charge in [0.05, 0.1) is 7.11 Å². The molecule has 0 aromatic heterocycles. The standard InChI is InChI=1S/C16H22N2O5/c1-23-16(21)13(10-11-15(20)18-22)17-14(19)9-5-8-12-6-3-2-4-7-12/h2-4,6-7,13,22H,5,8-11H2,1H3,(H,17,19)(H,18,20)/t13-/m0/s1. The molecule has 0 saturated heterocycles. The molecule has 3 N–H and O–H groups in total.